The largest absolute Gasteiger partial charge is 0.336 e. The van der Waals surface area contributed by atoms with E-state index in [0.717, 1.165) is 30.6 Å². The molecule has 0 fully saturated rings. The maximum atomic E-state index is 14.6. The molecule has 1 aromatic heterocycles. The van der Waals surface area contributed by atoms with E-state index >= 15 is 0 Å². The summed E-state index contributed by atoms with van der Waals surface area (Å²) in [6.45, 7) is 9.68. The van der Waals surface area contributed by atoms with Gasteiger partial charge in [-0.05, 0) is 32.1 Å². The first-order valence-corrected chi connectivity index (χ1v) is 7.02. The van der Waals surface area contributed by atoms with Crippen molar-refractivity contribution >= 4 is 5.91 Å². The second-order valence-electron chi connectivity index (χ2n) is 6.85. The fourth-order valence-corrected chi connectivity index (χ4v) is 3.46. The fourth-order valence-electron chi connectivity index (χ4n) is 3.46. The summed E-state index contributed by atoms with van der Waals surface area (Å²) in [6, 6.07) is 0.127. The van der Waals surface area contributed by atoms with Crippen LogP contribution >= 0.6 is 0 Å². The Kier molecular flexibility index (Phi) is 2.57. The van der Waals surface area contributed by atoms with Crippen molar-refractivity contribution in [2.75, 3.05) is 6.54 Å². The van der Waals surface area contributed by atoms with Gasteiger partial charge in [-0.15, -0.1) is 0 Å². The summed E-state index contributed by atoms with van der Waals surface area (Å²) in [7, 11) is 0. The van der Waals surface area contributed by atoms with E-state index < -0.39 is 0 Å². The number of carbonyl (C=O) groups is 1. The highest BCUT2D eigenvalue weighted by Gasteiger charge is 2.40. The number of rotatable bonds is 1. The van der Waals surface area contributed by atoms with Crippen LogP contribution in [0.3, 0.4) is 0 Å². The second kappa shape index (κ2) is 3.84. The van der Waals surface area contributed by atoms with Crippen molar-refractivity contribution in [1.29, 1.82) is 0 Å². The summed E-state index contributed by atoms with van der Waals surface area (Å²) in [4.78, 5) is 14.2. The van der Waals surface area contributed by atoms with Crippen molar-refractivity contribution < 1.29 is 9.18 Å². The van der Waals surface area contributed by atoms with E-state index in [1.54, 1.807) is 4.90 Å². The summed E-state index contributed by atoms with van der Waals surface area (Å²) in [5.74, 6) is -0.415. The molecular formula is C15H21FN2O. The van der Waals surface area contributed by atoms with Gasteiger partial charge in [0.1, 0.15) is 5.69 Å². The fraction of sp³-hybridized carbons (Fsp3) is 0.667. The standard InChI is InChI=1S/C15H21FN2O/c1-9(2)17-5-6-18-11-8-15(3,4)7-10(11)12(16)13(18)14(17)19/h9H,5-8H2,1-4H3. The van der Waals surface area contributed by atoms with Crippen LogP contribution in [-0.4, -0.2) is 28.0 Å². The molecule has 1 aliphatic carbocycles. The average Bonchev–Trinajstić information content (AvgIpc) is 2.74. The first kappa shape index (κ1) is 12.7. The summed E-state index contributed by atoms with van der Waals surface area (Å²) in [5.41, 5.74) is 2.24. The van der Waals surface area contributed by atoms with Crippen LogP contribution in [0.4, 0.5) is 4.39 Å². The molecule has 3 rings (SSSR count). The highest BCUT2D eigenvalue weighted by Crippen LogP contribution is 2.41. The third-order valence-electron chi connectivity index (χ3n) is 4.37. The zero-order chi connectivity index (χ0) is 13.9. The summed E-state index contributed by atoms with van der Waals surface area (Å²) < 4.78 is 16.5. The number of halogens is 1. The minimum atomic E-state index is -0.268. The Labute approximate surface area is 113 Å². The summed E-state index contributed by atoms with van der Waals surface area (Å²) in [6.07, 6.45) is 1.61. The number of hydrogen-bond donors (Lipinski definition) is 0. The first-order valence-electron chi connectivity index (χ1n) is 7.02. The van der Waals surface area contributed by atoms with Crippen LogP contribution in [0.1, 0.15) is 49.4 Å². The van der Waals surface area contributed by atoms with Gasteiger partial charge in [0.25, 0.3) is 5.91 Å². The van der Waals surface area contributed by atoms with E-state index in [9.17, 15) is 9.18 Å². The van der Waals surface area contributed by atoms with Crippen molar-refractivity contribution in [1.82, 2.24) is 9.47 Å². The Morgan fingerprint density at radius 3 is 2.53 bits per heavy atom. The lowest BCUT2D eigenvalue weighted by molar-refractivity contribution is 0.0640. The molecule has 0 radical (unpaired) electrons. The molecule has 1 aliphatic heterocycles. The molecule has 0 bridgehead atoms. The van der Waals surface area contributed by atoms with Crippen LogP contribution in [0.25, 0.3) is 0 Å². The quantitative estimate of drug-likeness (QED) is 0.765. The van der Waals surface area contributed by atoms with Gasteiger partial charge in [0, 0.05) is 30.4 Å². The zero-order valence-electron chi connectivity index (χ0n) is 12.1. The number of carbonyl (C=O) groups excluding carboxylic acids is 1. The highest BCUT2D eigenvalue weighted by atomic mass is 19.1. The minimum absolute atomic E-state index is 0.117. The molecular weight excluding hydrogens is 243 g/mol. The van der Waals surface area contributed by atoms with Gasteiger partial charge in [-0.3, -0.25) is 4.79 Å². The molecule has 0 N–H and O–H groups in total. The molecule has 2 heterocycles. The van der Waals surface area contributed by atoms with Gasteiger partial charge in [-0.25, -0.2) is 4.39 Å². The van der Waals surface area contributed by atoms with Gasteiger partial charge in [-0.1, -0.05) is 13.8 Å². The number of aromatic nitrogens is 1. The molecule has 0 spiro atoms. The van der Waals surface area contributed by atoms with E-state index in [4.69, 9.17) is 0 Å². The average molecular weight is 264 g/mol. The second-order valence-corrected chi connectivity index (χ2v) is 6.85. The van der Waals surface area contributed by atoms with Crippen molar-refractivity contribution in [2.45, 2.75) is 53.1 Å². The topological polar surface area (TPSA) is 25.2 Å². The van der Waals surface area contributed by atoms with Gasteiger partial charge in [0.15, 0.2) is 5.82 Å². The van der Waals surface area contributed by atoms with Crippen molar-refractivity contribution in [3.63, 3.8) is 0 Å². The van der Waals surface area contributed by atoms with E-state index in [1.807, 2.05) is 18.4 Å². The van der Waals surface area contributed by atoms with Crippen LogP contribution in [0.2, 0.25) is 0 Å². The maximum Gasteiger partial charge on any atom is 0.273 e. The molecule has 0 aromatic carbocycles. The number of amides is 1. The smallest absolute Gasteiger partial charge is 0.273 e. The van der Waals surface area contributed by atoms with Crippen molar-refractivity contribution in [3.8, 4) is 0 Å². The number of nitrogens with zero attached hydrogens (tertiary/aromatic N) is 2. The van der Waals surface area contributed by atoms with Crippen LogP contribution < -0.4 is 0 Å². The molecule has 0 unspecified atom stereocenters. The maximum absolute atomic E-state index is 14.6. The highest BCUT2D eigenvalue weighted by molar-refractivity contribution is 5.94. The van der Waals surface area contributed by atoms with Crippen LogP contribution in [-0.2, 0) is 19.4 Å². The molecule has 0 atom stereocenters. The third kappa shape index (κ3) is 1.72. The lowest BCUT2D eigenvalue weighted by Gasteiger charge is -2.32. The lowest BCUT2D eigenvalue weighted by atomic mass is 9.90. The summed E-state index contributed by atoms with van der Waals surface area (Å²) >= 11 is 0. The monoisotopic (exact) mass is 264 g/mol. The molecule has 1 amide bonds. The van der Waals surface area contributed by atoms with E-state index in [-0.39, 0.29) is 23.2 Å². The van der Waals surface area contributed by atoms with Gasteiger partial charge < -0.3 is 9.47 Å². The van der Waals surface area contributed by atoms with Crippen LogP contribution in [0.5, 0.6) is 0 Å². The molecule has 3 nitrogen and oxygen atoms in total. The Balaban J connectivity index is 2.08. The Hall–Kier alpha value is -1.32. The van der Waals surface area contributed by atoms with E-state index in [2.05, 4.69) is 13.8 Å². The Morgan fingerprint density at radius 1 is 1.21 bits per heavy atom. The van der Waals surface area contributed by atoms with Gasteiger partial charge in [-0.2, -0.15) is 0 Å². The predicted octanol–water partition coefficient (Wildman–Crippen LogP) is 2.62. The minimum Gasteiger partial charge on any atom is -0.336 e. The van der Waals surface area contributed by atoms with E-state index in [0.29, 0.717) is 12.2 Å². The normalized spacial score (nSPS) is 20.9. The van der Waals surface area contributed by atoms with Crippen LogP contribution in [0.15, 0.2) is 0 Å². The van der Waals surface area contributed by atoms with Crippen LogP contribution in [0, 0.1) is 11.2 Å². The lowest BCUT2D eigenvalue weighted by Crippen LogP contribution is -2.44. The molecule has 19 heavy (non-hydrogen) atoms. The Morgan fingerprint density at radius 2 is 1.89 bits per heavy atom. The molecule has 1 aromatic rings. The first-order chi connectivity index (χ1) is 8.82. The van der Waals surface area contributed by atoms with Gasteiger partial charge in [0.05, 0.1) is 0 Å². The summed E-state index contributed by atoms with van der Waals surface area (Å²) in [5, 5.41) is 0. The molecule has 2 aliphatic rings. The number of hydrogen-bond acceptors (Lipinski definition) is 1. The van der Waals surface area contributed by atoms with Crippen molar-refractivity contribution in [2.24, 2.45) is 5.41 Å². The zero-order valence-corrected chi connectivity index (χ0v) is 12.1. The molecule has 4 heteroatoms. The van der Waals surface area contributed by atoms with E-state index in [1.165, 1.54) is 0 Å². The SMILES string of the molecule is CC(C)N1CCn2c3c(c(F)c2C1=O)CC(C)(C)C3. The molecule has 104 valence electrons. The predicted molar refractivity (Wildman–Crippen MR) is 71.8 cm³/mol. The van der Waals surface area contributed by atoms with Gasteiger partial charge in [0.2, 0.25) is 0 Å². The van der Waals surface area contributed by atoms with Crippen molar-refractivity contribution in [3.05, 3.63) is 22.8 Å². The molecule has 0 saturated carbocycles. The third-order valence-corrected chi connectivity index (χ3v) is 4.37. The Bertz CT molecular complexity index is 557. The van der Waals surface area contributed by atoms with Gasteiger partial charge >= 0.3 is 0 Å². The number of fused-ring (bicyclic) bond motifs is 3. The molecule has 0 saturated heterocycles.